The molecule has 1 aromatic heterocycles. The molecular weight excluding hydrogens is 226 g/mol. The van der Waals surface area contributed by atoms with Crippen LogP contribution in [-0.2, 0) is 6.42 Å². The van der Waals surface area contributed by atoms with Gasteiger partial charge >= 0.3 is 0 Å². The minimum Gasteiger partial charge on any atom is -0.340 e. The summed E-state index contributed by atoms with van der Waals surface area (Å²) in [6.45, 7) is 8.23. The summed E-state index contributed by atoms with van der Waals surface area (Å²) >= 11 is 0. The van der Waals surface area contributed by atoms with Crippen molar-refractivity contribution in [2.45, 2.75) is 52.5 Å². The van der Waals surface area contributed by atoms with Crippen LogP contribution in [0.25, 0.3) is 0 Å². The van der Waals surface area contributed by atoms with Crippen molar-refractivity contribution in [1.82, 2.24) is 15.5 Å². The monoisotopic (exact) mass is 249 g/mol. The molecule has 2 fully saturated rings. The fourth-order valence-corrected chi connectivity index (χ4v) is 4.44. The normalized spacial score (nSPS) is 37.3. The molecule has 0 amide bonds. The van der Waals surface area contributed by atoms with E-state index in [0.29, 0.717) is 16.9 Å². The minimum absolute atomic E-state index is 0.418. The predicted molar refractivity (Wildman–Crippen MR) is 69.0 cm³/mol. The Kier molecular flexibility index (Phi) is 2.73. The van der Waals surface area contributed by atoms with Crippen molar-refractivity contribution in [3.63, 3.8) is 0 Å². The van der Waals surface area contributed by atoms with Gasteiger partial charge < -0.3 is 9.84 Å². The van der Waals surface area contributed by atoms with E-state index in [4.69, 9.17) is 4.52 Å². The van der Waals surface area contributed by atoms with Crippen molar-refractivity contribution >= 4 is 0 Å². The lowest BCUT2D eigenvalue weighted by atomic mass is 9.68. The number of rotatable bonds is 4. The smallest absolute Gasteiger partial charge is 0.227 e. The second kappa shape index (κ2) is 4.05. The number of hydrogen-bond donors (Lipinski definition) is 1. The Bertz CT molecular complexity index is 410. The van der Waals surface area contributed by atoms with Gasteiger partial charge in [-0.25, -0.2) is 0 Å². The lowest BCUT2D eigenvalue weighted by Crippen LogP contribution is -2.50. The molecular formula is C14H23N3O. The van der Waals surface area contributed by atoms with E-state index in [0.717, 1.165) is 24.8 Å². The van der Waals surface area contributed by atoms with Crippen LogP contribution in [0.5, 0.6) is 0 Å². The average Bonchev–Trinajstić information content (AvgIpc) is 2.96. The third-order valence-corrected chi connectivity index (χ3v) is 5.36. The van der Waals surface area contributed by atoms with Crippen molar-refractivity contribution in [1.29, 1.82) is 0 Å². The van der Waals surface area contributed by atoms with Crippen LogP contribution in [-0.4, -0.2) is 22.7 Å². The van der Waals surface area contributed by atoms with Gasteiger partial charge in [0.1, 0.15) is 0 Å². The van der Waals surface area contributed by atoms with Crippen LogP contribution >= 0.6 is 0 Å². The van der Waals surface area contributed by atoms with E-state index in [-0.39, 0.29) is 0 Å². The number of hydrogen-bond acceptors (Lipinski definition) is 4. The molecule has 0 spiro atoms. The second-order valence-corrected chi connectivity index (χ2v) is 6.89. The minimum atomic E-state index is 0.418. The van der Waals surface area contributed by atoms with Crippen LogP contribution in [0.1, 0.15) is 45.9 Å². The molecule has 2 bridgehead atoms. The second-order valence-electron chi connectivity index (χ2n) is 6.89. The number of fused-ring (bicyclic) bond motifs is 2. The molecule has 4 nitrogen and oxygen atoms in total. The molecule has 0 aliphatic heterocycles. The summed E-state index contributed by atoms with van der Waals surface area (Å²) in [6.07, 6.45) is 6.47. The lowest BCUT2D eigenvalue weighted by Gasteiger charge is -2.43. The van der Waals surface area contributed by atoms with Crippen molar-refractivity contribution in [3.05, 3.63) is 12.2 Å². The Morgan fingerprint density at radius 1 is 1.44 bits per heavy atom. The Morgan fingerprint density at radius 2 is 2.28 bits per heavy atom. The molecule has 18 heavy (non-hydrogen) atoms. The molecule has 1 aromatic rings. The molecule has 3 unspecified atom stereocenters. The van der Waals surface area contributed by atoms with Crippen LogP contribution in [0, 0.1) is 16.7 Å². The molecule has 0 aromatic carbocycles. The van der Waals surface area contributed by atoms with Crippen molar-refractivity contribution < 1.29 is 4.52 Å². The van der Waals surface area contributed by atoms with Gasteiger partial charge in [0, 0.05) is 19.0 Å². The molecule has 2 aliphatic rings. The highest BCUT2D eigenvalue weighted by Gasteiger charge is 2.58. The van der Waals surface area contributed by atoms with Gasteiger partial charge in [0.25, 0.3) is 0 Å². The van der Waals surface area contributed by atoms with Crippen LogP contribution in [0.4, 0.5) is 0 Å². The van der Waals surface area contributed by atoms with Gasteiger partial charge in [-0.15, -0.1) is 0 Å². The zero-order chi connectivity index (χ0) is 12.8. The zero-order valence-electron chi connectivity index (χ0n) is 11.6. The summed E-state index contributed by atoms with van der Waals surface area (Å²) in [5.41, 5.74) is 0.908. The molecule has 0 radical (unpaired) electrons. The molecule has 2 aliphatic carbocycles. The van der Waals surface area contributed by atoms with E-state index in [2.05, 4.69) is 36.2 Å². The molecule has 100 valence electrons. The van der Waals surface area contributed by atoms with Crippen LogP contribution < -0.4 is 5.32 Å². The molecule has 0 saturated heterocycles. The van der Waals surface area contributed by atoms with E-state index in [1.165, 1.54) is 25.6 Å². The van der Waals surface area contributed by atoms with Gasteiger partial charge in [0.15, 0.2) is 6.33 Å². The molecule has 1 heterocycles. The maximum atomic E-state index is 5.04. The summed E-state index contributed by atoms with van der Waals surface area (Å²) in [5, 5.41) is 7.39. The maximum absolute atomic E-state index is 5.04. The number of nitrogens with one attached hydrogen (secondary N) is 1. The van der Waals surface area contributed by atoms with Gasteiger partial charge in [-0.05, 0) is 36.0 Å². The van der Waals surface area contributed by atoms with E-state index in [1.54, 1.807) is 0 Å². The van der Waals surface area contributed by atoms with E-state index in [9.17, 15) is 0 Å². The van der Waals surface area contributed by atoms with Gasteiger partial charge in [-0.2, -0.15) is 4.98 Å². The van der Waals surface area contributed by atoms with Gasteiger partial charge in [0.2, 0.25) is 5.89 Å². The largest absolute Gasteiger partial charge is 0.340 e. The summed E-state index contributed by atoms with van der Waals surface area (Å²) in [5.74, 6) is 1.62. The Morgan fingerprint density at radius 3 is 2.89 bits per heavy atom. The first-order chi connectivity index (χ1) is 8.52. The Hall–Kier alpha value is -0.900. The molecule has 3 rings (SSSR count). The summed E-state index contributed by atoms with van der Waals surface area (Å²) in [4.78, 5) is 4.06. The fraction of sp³-hybridized carbons (Fsp3) is 0.857. The first kappa shape index (κ1) is 12.2. The zero-order valence-corrected chi connectivity index (χ0v) is 11.6. The molecule has 4 heteroatoms. The molecule has 2 saturated carbocycles. The average molecular weight is 249 g/mol. The Balaban J connectivity index is 1.62. The highest BCUT2D eigenvalue weighted by atomic mass is 16.5. The topological polar surface area (TPSA) is 51.0 Å². The first-order valence-corrected chi connectivity index (χ1v) is 7.01. The Labute approximate surface area is 109 Å². The van der Waals surface area contributed by atoms with Crippen LogP contribution in [0.15, 0.2) is 10.9 Å². The third-order valence-electron chi connectivity index (χ3n) is 5.36. The highest BCUT2D eigenvalue weighted by molar-refractivity contribution is 5.12. The van der Waals surface area contributed by atoms with Gasteiger partial charge in [0.05, 0.1) is 0 Å². The first-order valence-electron chi connectivity index (χ1n) is 7.01. The van der Waals surface area contributed by atoms with E-state index < -0.39 is 0 Å². The summed E-state index contributed by atoms with van der Waals surface area (Å²) in [7, 11) is 0. The van der Waals surface area contributed by atoms with E-state index in [1.807, 2.05) is 0 Å². The maximum Gasteiger partial charge on any atom is 0.227 e. The molecule has 1 N–H and O–H groups in total. The highest BCUT2D eigenvalue weighted by Crippen LogP contribution is 2.62. The third kappa shape index (κ3) is 1.78. The molecule has 3 atom stereocenters. The quantitative estimate of drug-likeness (QED) is 0.890. The fourth-order valence-electron chi connectivity index (χ4n) is 4.44. The lowest BCUT2D eigenvalue weighted by molar-refractivity contribution is 0.109. The van der Waals surface area contributed by atoms with E-state index >= 15 is 0 Å². The number of nitrogens with zero attached hydrogens (tertiary/aromatic N) is 2. The SMILES string of the molecule is CC12CCC(C1)C(C)(C)C2NCCc1ncno1. The van der Waals surface area contributed by atoms with Crippen molar-refractivity contribution in [2.24, 2.45) is 16.7 Å². The summed E-state index contributed by atoms with van der Waals surface area (Å²) < 4.78 is 5.04. The predicted octanol–water partition coefficient (Wildman–Crippen LogP) is 2.42. The van der Waals surface area contributed by atoms with Gasteiger partial charge in [-0.1, -0.05) is 25.9 Å². The standard InChI is InChI=1S/C14H23N3O/c1-13(2)10-4-6-14(3,8-10)12(13)15-7-5-11-16-9-17-18-11/h9-10,12,15H,4-8H2,1-3H3. The van der Waals surface area contributed by atoms with Crippen molar-refractivity contribution in [3.8, 4) is 0 Å². The van der Waals surface area contributed by atoms with Crippen molar-refractivity contribution in [2.75, 3.05) is 6.54 Å². The summed E-state index contributed by atoms with van der Waals surface area (Å²) in [6, 6.07) is 0.617. The van der Waals surface area contributed by atoms with Crippen LogP contribution in [0.3, 0.4) is 0 Å². The van der Waals surface area contributed by atoms with Crippen LogP contribution in [0.2, 0.25) is 0 Å². The van der Waals surface area contributed by atoms with Gasteiger partial charge in [-0.3, -0.25) is 0 Å². The number of aromatic nitrogens is 2.